The summed E-state index contributed by atoms with van der Waals surface area (Å²) < 4.78 is 5.19. The number of ether oxygens (including phenoxy) is 1. The van der Waals surface area contributed by atoms with E-state index in [0.29, 0.717) is 0 Å². The number of hydrogen-bond acceptors (Lipinski definition) is 3. The van der Waals surface area contributed by atoms with Gasteiger partial charge in [0.05, 0.1) is 13.2 Å². The molecule has 1 aromatic carbocycles. The average Bonchev–Trinajstić information content (AvgIpc) is 3.30. The summed E-state index contributed by atoms with van der Waals surface area (Å²) >= 11 is 0. The van der Waals surface area contributed by atoms with E-state index in [9.17, 15) is 5.11 Å². The second kappa shape index (κ2) is 8.20. The minimum absolute atomic E-state index is 0.264. The first kappa shape index (κ1) is 16.1. The topological polar surface area (TPSA) is 32.7 Å². The number of rotatable bonds is 10. The number of benzene rings is 1. The number of methoxy groups -OCH3 is 1. The fraction of sp³-hybridized carbons (Fsp3) is 0.556. The molecule has 0 saturated heterocycles. The van der Waals surface area contributed by atoms with Crippen LogP contribution in [0.1, 0.15) is 31.2 Å². The van der Waals surface area contributed by atoms with Gasteiger partial charge in [0.25, 0.3) is 0 Å². The first-order chi connectivity index (χ1) is 10.2. The maximum atomic E-state index is 10.1. The van der Waals surface area contributed by atoms with Gasteiger partial charge in [-0.05, 0) is 49.3 Å². The van der Waals surface area contributed by atoms with Crippen LogP contribution in [0.25, 0.3) is 0 Å². The maximum Gasteiger partial charge on any atom is 0.118 e. The summed E-state index contributed by atoms with van der Waals surface area (Å²) in [5.74, 6) is 1.72. The fourth-order valence-electron chi connectivity index (χ4n) is 2.56. The zero-order valence-corrected chi connectivity index (χ0v) is 13.0. The van der Waals surface area contributed by atoms with Crippen LogP contribution < -0.4 is 4.74 Å². The summed E-state index contributed by atoms with van der Waals surface area (Å²) in [6, 6.07) is 8.21. The van der Waals surface area contributed by atoms with Gasteiger partial charge in [-0.15, -0.1) is 6.58 Å². The standard InChI is InChI=1S/C18H27NO2/c1-3-4-5-17(20)14-19(12-15-6-7-15)13-16-8-10-18(21-2)11-9-16/h3,8-11,15,17,20H,1,4-7,12-14H2,2H3/t17-/m0/s1. The molecule has 1 atom stereocenters. The van der Waals surface area contributed by atoms with Crippen LogP contribution in [-0.2, 0) is 6.54 Å². The normalized spacial score (nSPS) is 16.0. The Kier molecular flexibility index (Phi) is 6.27. The first-order valence-corrected chi connectivity index (χ1v) is 7.85. The number of aliphatic hydroxyl groups is 1. The van der Waals surface area contributed by atoms with Gasteiger partial charge in [-0.2, -0.15) is 0 Å². The molecule has 3 heteroatoms. The van der Waals surface area contributed by atoms with Crippen LogP contribution in [-0.4, -0.2) is 36.3 Å². The van der Waals surface area contributed by atoms with Crippen molar-refractivity contribution in [3.8, 4) is 5.75 Å². The zero-order chi connectivity index (χ0) is 15.1. The number of hydrogen-bond donors (Lipinski definition) is 1. The molecule has 21 heavy (non-hydrogen) atoms. The quantitative estimate of drug-likeness (QED) is 0.671. The summed E-state index contributed by atoms with van der Waals surface area (Å²) in [6.07, 6.45) is 5.95. The molecular formula is C18H27NO2. The second-order valence-corrected chi connectivity index (χ2v) is 6.01. The lowest BCUT2D eigenvalue weighted by atomic mass is 10.1. The molecule has 0 bridgehead atoms. The molecule has 0 aliphatic heterocycles. The lowest BCUT2D eigenvalue weighted by molar-refractivity contribution is 0.0996. The van der Waals surface area contributed by atoms with Crippen molar-refractivity contribution in [2.75, 3.05) is 20.2 Å². The molecule has 0 unspecified atom stereocenters. The molecule has 0 amide bonds. The minimum atomic E-state index is -0.264. The van der Waals surface area contributed by atoms with Gasteiger partial charge in [-0.1, -0.05) is 18.2 Å². The molecule has 1 fully saturated rings. The molecule has 1 aliphatic rings. The molecule has 116 valence electrons. The Balaban J connectivity index is 1.89. The van der Waals surface area contributed by atoms with Crippen LogP contribution in [0.15, 0.2) is 36.9 Å². The molecule has 1 N–H and O–H groups in total. The maximum absolute atomic E-state index is 10.1. The highest BCUT2D eigenvalue weighted by Gasteiger charge is 2.25. The van der Waals surface area contributed by atoms with Gasteiger partial charge < -0.3 is 9.84 Å². The van der Waals surface area contributed by atoms with E-state index >= 15 is 0 Å². The SMILES string of the molecule is C=CCC[C@H](O)CN(Cc1ccc(OC)cc1)CC1CC1. The lowest BCUT2D eigenvalue weighted by Gasteiger charge is -2.25. The smallest absolute Gasteiger partial charge is 0.118 e. The van der Waals surface area contributed by atoms with Gasteiger partial charge in [0, 0.05) is 19.6 Å². The summed E-state index contributed by atoms with van der Waals surface area (Å²) in [5, 5.41) is 10.1. The zero-order valence-electron chi connectivity index (χ0n) is 13.0. The molecule has 0 aromatic heterocycles. The van der Waals surface area contributed by atoms with E-state index in [4.69, 9.17) is 4.74 Å². The van der Waals surface area contributed by atoms with Crippen molar-refractivity contribution in [3.05, 3.63) is 42.5 Å². The van der Waals surface area contributed by atoms with Crippen molar-refractivity contribution < 1.29 is 9.84 Å². The van der Waals surface area contributed by atoms with Crippen LogP contribution in [0, 0.1) is 5.92 Å². The predicted octanol–water partition coefficient (Wildman–Crippen LogP) is 3.23. The second-order valence-electron chi connectivity index (χ2n) is 6.01. The minimum Gasteiger partial charge on any atom is -0.497 e. The first-order valence-electron chi connectivity index (χ1n) is 7.85. The molecule has 0 heterocycles. The Hall–Kier alpha value is -1.32. The molecule has 1 aliphatic carbocycles. The lowest BCUT2D eigenvalue weighted by Crippen LogP contribution is -2.33. The van der Waals surface area contributed by atoms with E-state index in [-0.39, 0.29) is 6.10 Å². The number of aliphatic hydroxyl groups excluding tert-OH is 1. The Morgan fingerprint density at radius 2 is 2.10 bits per heavy atom. The van der Waals surface area contributed by atoms with Crippen molar-refractivity contribution in [2.24, 2.45) is 5.92 Å². The Bertz CT molecular complexity index is 425. The summed E-state index contributed by atoms with van der Waals surface area (Å²) in [4.78, 5) is 2.38. The van der Waals surface area contributed by atoms with Gasteiger partial charge in [0.15, 0.2) is 0 Å². The van der Waals surface area contributed by atoms with Crippen LogP contribution in [0.2, 0.25) is 0 Å². The van der Waals surface area contributed by atoms with Gasteiger partial charge in [-0.25, -0.2) is 0 Å². The van der Waals surface area contributed by atoms with Gasteiger partial charge in [0.1, 0.15) is 5.75 Å². The molecule has 2 rings (SSSR count). The van der Waals surface area contributed by atoms with Crippen LogP contribution in [0.5, 0.6) is 5.75 Å². The molecule has 1 aromatic rings. The fourth-order valence-corrected chi connectivity index (χ4v) is 2.56. The van der Waals surface area contributed by atoms with Crippen molar-refractivity contribution in [2.45, 2.75) is 38.3 Å². The third kappa shape index (κ3) is 5.90. The Labute approximate surface area is 128 Å². The van der Waals surface area contributed by atoms with Crippen molar-refractivity contribution in [1.82, 2.24) is 4.90 Å². The summed E-state index contributed by atoms with van der Waals surface area (Å²) in [5.41, 5.74) is 1.27. The van der Waals surface area contributed by atoms with Crippen LogP contribution in [0.4, 0.5) is 0 Å². The molecule has 0 radical (unpaired) electrons. The number of allylic oxidation sites excluding steroid dienone is 1. The Morgan fingerprint density at radius 3 is 2.67 bits per heavy atom. The molecule has 1 saturated carbocycles. The van der Waals surface area contributed by atoms with Gasteiger partial charge in [-0.3, -0.25) is 4.90 Å². The highest BCUT2D eigenvalue weighted by atomic mass is 16.5. The molecule has 0 spiro atoms. The average molecular weight is 289 g/mol. The monoisotopic (exact) mass is 289 g/mol. The largest absolute Gasteiger partial charge is 0.497 e. The van der Waals surface area contributed by atoms with E-state index < -0.39 is 0 Å². The molecule has 3 nitrogen and oxygen atoms in total. The van der Waals surface area contributed by atoms with Crippen LogP contribution >= 0.6 is 0 Å². The third-order valence-electron chi connectivity index (χ3n) is 3.95. The van der Waals surface area contributed by atoms with Crippen molar-refractivity contribution in [1.29, 1.82) is 0 Å². The molecular weight excluding hydrogens is 262 g/mol. The van der Waals surface area contributed by atoms with Gasteiger partial charge in [0.2, 0.25) is 0 Å². The van der Waals surface area contributed by atoms with Crippen LogP contribution in [0.3, 0.4) is 0 Å². The highest BCUT2D eigenvalue weighted by Crippen LogP contribution is 2.30. The van der Waals surface area contributed by atoms with E-state index in [2.05, 4.69) is 23.6 Å². The Morgan fingerprint density at radius 1 is 1.38 bits per heavy atom. The van der Waals surface area contributed by atoms with E-state index in [1.807, 2.05) is 18.2 Å². The predicted molar refractivity (Wildman–Crippen MR) is 86.4 cm³/mol. The van der Waals surface area contributed by atoms with E-state index in [0.717, 1.165) is 44.1 Å². The summed E-state index contributed by atoms with van der Waals surface area (Å²) in [7, 11) is 1.68. The van der Waals surface area contributed by atoms with Gasteiger partial charge >= 0.3 is 0 Å². The number of nitrogens with zero attached hydrogens (tertiary/aromatic N) is 1. The summed E-state index contributed by atoms with van der Waals surface area (Å²) in [6.45, 7) is 6.45. The van der Waals surface area contributed by atoms with E-state index in [1.165, 1.54) is 18.4 Å². The van der Waals surface area contributed by atoms with E-state index in [1.54, 1.807) is 7.11 Å². The van der Waals surface area contributed by atoms with Crippen molar-refractivity contribution >= 4 is 0 Å². The van der Waals surface area contributed by atoms with Crippen molar-refractivity contribution in [3.63, 3.8) is 0 Å². The third-order valence-corrected chi connectivity index (χ3v) is 3.95. The highest BCUT2D eigenvalue weighted by molar-refractivity contribution is 5.27.